The Morgan fingerprint density at radius 2 is 1.20 bits per heavy atom. The lowest BCUT2D eigenvalue weighted by molar-refractivity contribution is -0.394. The number of carbonyl (C=O) groups is 2. The van der Waals surface area contributed by atoms with Crippen molar-refractivity contribution in [3.63, 3.8) is 0 Å². The van der Waals surface area contributed by atoms with Crippen LogP contribution in [0.1, 0.15) is 26.3 Å². The molecule has 0 heterocycles. The summed E-state index contributed by atoms with van der Waals surface area (Å²) in [6, 6.07) is 12.8. The van der Waals surface area contributed by atoms with Crippen molar-refractivity contribution < 1.29 is 28.6 Å². The van der Waals surface area contributed by atoms with Gasteiger partial charge in [0, 0.05) is 23.3 Å². The summed E-state index contributed by atoms with van der Waals surface area (Å²) in [5, 5.41) is 21.8. The van der Waals surface area contributed by atoms with Crippen LogP contribution in [0.3, 0.4) is 0 Å². The number of nitro groups is 2. The van der Waals surface area contributed by atoms with Crippen molar-refractivity contribution in [1.29, 1.82) is 0 Å². The van der Waals surface area contributed by atoms with Crippen LogP contribution in [0.25, 0.3) is 0 Å². The third-order valence-corrected chi connectivity index (χ3v) is 3.99. The second kappa shape index (κ2) is 8.27. The van der Waals surface area contributed by atoms with Crippen LogP contribution in [0.15, 0.2) is 66.7 Å². The maximum Gasteiger partial charge on any atom is 0.344 e. The van der Waals surface area contributed by atoms with Crippen molar-refractivity contribution in [1.82, 2.24) is 0 Å². The smallest absolute Gasteiger partial charge is 0.344 e. The zero-order valence-corrected chi connectivity index (χ0v) is 15.0. The van der Waals surface area contributed by atoms with Gasteiger partial charge in [0.05, 0.1) is 21.5 Å². The predicted octanol–water partition coefficient (Wildman–Crippen LogP) is 4.09. The number of carbonyl (C=O) groups excluding carboxylic acids is 2. The van der Waals surface area contributed by atoms with Crippen molar-refractivity contribution in [2.45, 2.75) is 0 Å². The molecule has 0 unspecified atom stereocenters. The van der Waals surface area contributed by atoms with Crippen LogP contribution in [0.2, 0.25) is 0 Å². The van der Waals surface area contributed by atoms with Gasteiger partial charge in [-0.2, -0.15) is 0 Å². The van der Waals surface area contributed by atoms with Crippen LogP contribution >= 0.6 is 0 Å². The first kappa shape index (κ1) is 20.3. The Bertz CT molecular complexity index is 1130. The van der Waals surface area contributed by atoms with Gasteiger partial charge < -0.3 is 4.74 Å². The normalized spacial score (nSPS) is 10.3. The van der Waals surface area contributed by atoms with E-state index in [1.807, 2.05) is 0 Å². The van der Waals surface area contributed by atoms with Crippen LogP contribution in [-0.4, -0.2) is 21.6 Å². The third kappa shape index (κ3) is 4.50. The maximum absolute atomic E-state index is 13.0. The number of esters is 1. The summed E-state index contributed by atoms with van der Waals surface area (Å²) in [6.45, 7) is 0. The molecule has 0 aliphatic carbocycles. The molecule has 0 fully saturated rings. The molecule has 3 aromatic rings. The van der Waals surface area contributed by atoms with Crippen LogP contribution < -0.4 is 4.74 Å². The summed E-state index contributed by atoms with van der Waals surface area (Å²) in [6.07, 6.45) is 0. The highest BCUT2D eigenvalue weighted by atomic mass is 19.1. The number of non-ortho nitro benzene ring substituents is 2. The summed E-state index contributed by atoms with van der Waals surface area (Å²) in [4.78, 5) is 44.7. The van der Waals surface area contributed by atoms with Gasteiger partial charge in [-0.05, 0) is 48.5 Å². The topological polar surface area (TPSA) is 130 Å². The van der Waals surface area contributed by atoms with Crippen molar-refractivity contribution in [2.24, 2.45) is 0 Å². The molecule has 30 heavy (non-hydrogen) atoms. The Balaban J connectivity index is 1.79. The minimum absolute atomic E-state index is 0.0183. The van der Waals surface area contributed by atoms with Crippen LogP contribution in [0, 0.1) is 26.0 Å². The molecular formula is C20H11FN2O7. The van der Waals surface area contributed by atoms with Gasteiger partial charge >= 0.3 is 5.97 Å². The monoisotopic (exact) mass is 410 g/mol. The van der Waals surface area contributed by atoms with E-state index in [0.717, 1.165) is 30.3 Å². The number of ether oxygens (including phenoxy) is 1. The highest BCUT2D eigenvalue weighted by Crippen LogP contribution is 2.24. The molecule has 0 aliphatic rings. The van der Waals surface area contributed by atoms with E-state index in [9.17, 15) is 34.2 Å². The SMILES string of the molecule is O=C(Oc1ccc(C(=O)c2ccc(F)cc2)cc1)c1cc([N+](=O)[O-])cc([N+](=O)[O-])c1. The van der Waals surface area contributed by atoms with E-state index in [0.29, 0.717) is 0 Å². The molecule has 0 aliphatic heterocycles. The second-order valence-electron chi connectivity index (χ2n) is 6.00. The molecule has 3 rings (SSSR count). The van der Waals surface area contributed by atoms with E-state index in [1.54, 1.807) is 0 Å². The molecule has 0 amide bonds. The molecular weight excluding hydrogens is 399 g/mol. The fourth-order valence-corrected chi connectivity index (χ4v) is 2.53. The quantitative estimate of drug-likeness (QED) is 0.197. The van der Waals surface area contributed by atoms with Gasteiger partial charge in [-0.3, -0.25) is 25.0 Å². The molecule has 0 saturated carbocycles. The van der Waals surface area contributed by atoms with Gasteiger partial charge in [-0.1, -0.05) is 0 Å². The number of hydrogen-bond donors (Lipinski definition) is 0. The van der Waals surface area contributed by atoms with Crippen LogP contribution in [-0.2, 0) is 0 Å². The van der Waals surface area contributed by atoms with Gasteiger partial charge in [0.2, 0.25) is 0 Å². The molecule has 0 atom stereocenters. The first-order chi connectivity index (χ1) is 14.2. The van der Waals surface area contributed by atoms with Gasteiger partial charge in [0.25, 0.3) is 11.4 Å². The van der Waals surface area contributed by atoms with Crippen molar-refractivity contribution in [2.75, 3.05) is 0 Å². The Hall–Kier alpha value is -4.47. The lowest BCUT2D eigenvalue weighted by atomic mass is 10.0. The van der Waals surface area contributed by atoms with Gasteiger partial charge in [-0.25, -0.2) is 9.18 Å². The summed E-state index contributed by atoms with van der Waals surface area (Å²) in [5.41, 5.74) is -1.10. The Morgan fingerprint density at radius 3 is 1.67 bits per heavy atom. The largest absolute Gasteiger partial charge is 0.423 e. The van der Waals surface area contributed by atoms with E-state index in [-0.39, 0.29) is 28.2 Å². The fraction of sp³-hybridized carbons (Fsp3) is 0. The van der Waals surface area contributed by atoms with Crippen molar-refractivity contribution in [3.05, 3.63) is 109 Å². The average molecular weight is 410 g/mol. The highest BCUT2D eigenvalue weighted by molar-refractivity contribution is 6.09. The number of benzene rings is 3. The number of rotatable bonds is 6. The van der Waals surface area contributed by atoms with E-state index in [1.165, 1.54) is 36.4 Å². The predicted molar refractivity (Wildman–Crippen MR) is 101 cm³/mol. The molecule has 0 aromatic heterocycles. The molecule has 3 aromatic carbocycles. The molecule has 0 bridgehead atoms. The molecule has 9 nitrogen and oxygen atoms in total. The van der Waals surface area contributed by atoms with E-state index >= 15 is 0 Å². The van der Waals surface area contributed by atoms with Crippen molar-refractivity contribution >= 4 is 23.1 Å². The number of nitro benzene ring substituents is 2. The van der Waals surface area contributed by atoms with E-state index in [4.69, 9.17) is 4.74 Å². The lowest BCUT2D eigenvalue weighted by Crippen LogP contribution is -2.10. The van der Waals surface area contributed by atoms with Gasteiger partial charge in [0.1, 0.15) is 11.6 Å². The first-order valence-electron chi connectivity index (χ1n) is 8.31. The first-order valence-corrected chi connectivity index (χ1v) is 8.31. The number of halogens is 1. The maximum atomic E-state index is 13.0. The van der Waals surface area contributed by atoms with Gasteiger partial charge in [0.15, 0.2) is 5.78 Å². The van der Waals surface area contributed by atoms with Crippen LogP contribution in [0.4, 0.5) is 15.8 Å². The average Bonchev–Trinajstić information content (AvgIpc) is 2.74. The number of ketones is 1. The fourth-order valence-electron chi connectivity index (χ4n) is 2.53. The molecule has 0 N–H and O–H groups in total. The molecule has 10 heteroatoms. The standard InChI is InChI=1S/C20H11FN2O7/c21-15-5-1-12(2-6-15)19(24)13-3-7-18(8-4-13)30-20(25)14-9-16(22(26)27)11-17(10-14)23(28)29/h1-11H. The molecule has 0 spiro atoms. The summed E-state index contributed by atoms with van der Waals surface area (Å²) >= 11 is 0. The summed E-state index contributed by atoms with van der Waals surface area (Å²) in [5.74, 6) is -1.87. The van der Waals surface area contributed by atoms with Crippen molar-refractivity contribution in [3.8, 4) is 5.75 Å². The highest BCUT2D eigenvalue weighted by Gasteiger charge is 2.21. The Kier molecular flexibility index (Phi) is 5.59. The molecule has 150 valence electrons. The minimum Gasteiger partial charge on any atom is -0.423 e. The Labute approximate surface area is 167 Å². The molecule has 0 saturated heterocycles. The zero-order valence-electron chi connectivity index (χ0n) is 15.0. The second-order valence-corrected chi connectivity index (χ2v) is 6.00. The number of hydrogen-bond acceptors (Lipinski definition) is 7. The minimum atomic E-state index is -1.04. The third-order valence-electron chi connectivity index (χ3n) is 3.99. The molecule has 0 radical (unpaired) electrons. The number of nitrogens with zero attached hydrogens (tertiary/aromatic N) is 2. The van der Waals surface area contributed by atoms with E-state index < -0.39 is 33.0 Å². The van der Waals surface area contributed by atoms with Gasteiger partial charge in [-0.15, -0.1) is 0 Å². The Morgan fingerprint density at radius 1 is 0.733 bits per heavy atom. The van der Waals surface area contributed by atoms with Crippen LogP contribution in [0.5, 0.6) is 5.75 Å². The van der Waals surface area contributed by atoms with E-state index in [2.05, 4.69) is 0 Å². The summed E-state index contributed by atoms with van der Waals surface area (Å²) < 4.78 is 18.1. The lowest BCUT2D eigenvalue weighted by Gasteiger charge is -2.06. The summed E-state index contributed by atoms with van der Waals surface area (Å²) in [7, 11) is 0. The zero-order chi connectivity index (χ0) is 21.8.